The highest BCUT2D eigenvalue weighted by Gasteiger charge is 2.43. The molecule has 2 aliphatic heterocycles. The Morgan fingerprint density at radius 3 is 2.52 bits per heavy atom. The Kier molecular flexibility index (Phi) is 10.0. The van der Waals surface area contributed by atoms with E-state index in [0.717, 1.165) is 23.5 Å². The van der Waals surface area contributed by atoms with E-state index in [1.54, 1.807) is 0 Å². The quantitative estimate of drug-likeness (QED) is 0.304. The van der Waals surface area contributed by atoms with Gasteiger partial charge in [-0.2, -0.15) is 0 Å². The van der Waals surface area contributed by atoms with Gasteiger partial charge in [-0.05, 0) is 57.5 Å². The second-order valence-corrected chi connectivity index (χ2v) is 19.6. The maximum absolute atomic E-state index is 14.0. The third-order valence-corrected chi connectivity index (χ3v) is 14.4. The second kappa shape index (κ2) is 13.6. The highest BCUT2D eigenvalue weighted by molar-refractivity contribution is 6.74. The zero-order valence-corrected chi connectivity index (χ0v) is 30.0. The highest BCUT2D eigenvalue weighted by atomic mass is 28.4. The molecule has 0 bridgehead atoms. The van der Waals surface area contributed by atoms with Gasteiger partial charge in [-0.15, -0.1) is 5.10 Å². The number of aryl methyl sites for hydroxylation is 1. The molecular formula is C33H46F2N8O4Si. The summed E-state index contributed by atoms with van der Waals surface area (Å²) in [6.07, 6.45) is 3.81. The Morgan fingerprint density at radius 2 is 1.88 bits per heavy atom. The lowest BCUT2D eigenvalue weighted by Gasteiger charge is -2.49. The van der Waals surface area contributed by atoms with Crippen molar-refractivity contribution in [3.63, 3.8) is 0 Å². The number of carbonyl (C=O) groups is 2. The van der Waals surface area contributed by atoms with Crippen LogP contribution in [-0.4, -0.2) is 86.1 Å². The van der Waals surface area contributed by atoms with Crippen LogP contribution in [0.4, 0.5) is 14.6 Å². The van der Waals surface area contributed by atoms with Crippen molar-refractivity contribution < 1.29 is 27.5 Å². The van der Waals surface area contributed by atoms with Crippen molar-refractivity contribution in [1.82, 2.24) is 34.8 Å². The highest BCUT2D eigenvalue weighted by Crippen LogP contribution is 2.37. The van der Waals surface area contributed by atoms with Crippen molar-refractivity contribution in [2.24, 2.45) is 5.92 Å². The molecule has 2 aliphatic rings. The molecule has 2 aromatic heterocycles. The zero-order valence-electron chi connectivity index (χ0n) is 29.0. The topological polar surface area (TPSA) is 128 Å². The first-order valence-electron chi connectivity index (χ1n) is 16.3. The van der Waals surface area contributed by atoms with Crippen LogP contribution in [0.2, 0.25) is 18.1 Å². The fraction of sp³-hybridized carbons (Fsp3) is 0.576. The molecule has 0 radical (unpaired) electrons. The third-order valence-electron chi connectivity index (χ3n) is 9.88. The molecular weight excluding hydrogens is 638 g/mol. The molecule has 2 atom stereocenters. The van der Waals surface area contributed by atoms with E-state index in [-0.39, 0.29) is 40.2 Å². The Balaban J connectivity index is 1.16. The lowest BCUT2D eigenvalue weighted by molar-refractivity contribution is -0.147. The molecule has 1 aromatic carbocycles. The molecule has 3 aromatic rings. The molecule has 0 saturated carbocycles. The number of hydrogen-bond donors (Lipinski definition) is 1. The van der Waals surface area contributed by atoms with Gasteiger partial charge in [0.05, 0.1) is 36.3 Å². The number of nitrogens with zero attached hydrogens (tertiary/aromatic N) is 7. The Morgan fingerprint density at radius 1 is 1.12 bits per heavy atom. The van der Waals surface area contributed by atoms with E-state index in [1.807, 2.05) is 30.4 Å². The van der Waals surface area contributed by atoms with Gasteiger partial charge in [0.25, 0.3) is 0 Å². The lowest BCUT2D eigenvalue weighted by atomic mass is 9.89. The van der Waals surface area contributed by atoms with Crippen molar-refractivity contribution in [2.75, 3.05) is 25.0 Å². The molecule has 2 amide bonds. The number of piperazine rings is 1. The predicted molar refractivity (Wildman–Crippen MR) is 178 cm³/mol. The number of benzene rings is 1. The molecule has 48 heavy (non-hydrogen) atoms. The number of hydrogen-bond acceptors (Lipinski definition) is 9. The van der Waals surface area contributed by atoms with Crippen LogP contribution >= 0.6 is 0 Å². The number of anilines is 1. The van der Waals surface area contributed by atoms with E-state index >= 15 is 0 Å². The molecule has 1 unspecified atom stereocenters. The molecule has 15 heteroatoms. The molecule has 1 fully saturated rings. The van der Waals surface area contributed by atoms with Crippen LogP contribution in [0, 0.1) is 17.6 Å². The first-order chi connectivity index (χ1) is 22.4. The summed E-state index contributed by atoms with van der Waals surface area (Å²) >= 11 is 0. The van der Waals surface area contributed by atoms with Crippen molar-refractivity contribution in [2.45, 2.75) is 97.2 Å². The minimum Gasteiger partial charge on any atom is -0.434 e. The Hall–Kier alpha value is -3.82. The summed E-state index contributed by atoms with van der Waals surface area (Å²) in [4.78, 5) is 39.4. The number of halogens is 2. The standard InChI is InChI=1S/C33H46F2N8O4Si/c1-21(30(44)38-28-17-37-29(18-36-28)47-27-10-9-23(34)16-24(27)35)41-13-14-42(33(5,6)20-41)31(45)22-11-12-43-26(15-22)25(39-40-43)19-46-48(7,8)32(2,3)4/h9-10,16-18,21-22H,11-15,19-20H2,1-8H3,(H,36,38,44)/t21-,22?/m0/s1. The van der Waals surface area contributed by atoms with Crippen molar-refractivity contribution in [3.05, 3.63) is 53.6 Å². The van der Waals surface area contributed by atoms with Crippen LogP contribution < -0.4 is 10.1 Å². The molecule has 0 aliphatic carbocycles. The van der Waals surface area contributed by atoms with Crippen molar-refractivity contribution in [1.29, 1.82) is 0 Å². The smallest absolute Gasteiger partial charge is 0.242 e. The maximum atomic E-state index is 14.0. The molecule has 0 spiro atoms. The minimum atomic E-state index is -1.97. The summed E-state index contributed by atoms with van der Waals surface area (Å²) in [5, 5.41) is 11.6. The average Bonchev–Trinajstić information content (AvgIpc) is 3.43. The SMILES string of the molecule is C[C@@H](C(=O)Nc1cnc(Oc2ccc(F)cc2F)cn1)N1CCN(C(=O)C2CCn3nnc(CO[Si](C)(C)C(C)(C)C)c3C2)C(C)(C)C1. The minimum absolute atomic E-state index is 0.0107. The van der Waals surface area contributed by atoms with Gasteiger partial charge in [-0.1, -0.05) is 26.0 Å². The molecule has 1 saturated heterocycles. The van der Waals surface area contributed by atoms with Crippen LogP contribution in [0.25, 0.3) is 0 Å². The van der Waals surface area contributed by atoms with E-state index in [1.165, 1.54) is 12.4 Å². The molecule has 4 heterocycles. The summed E-state index contributed by atoms with van der Waals surface area (Å²) in [6.45, 7) is 19.5. The molecule has 12 nitrogen and oxygen atoms in total. The lowest BCUT2D eigenvalue weighted by Crippen LogP contribution is -2.64. The van der Waals surface area contributed by atoms with Crippen LogP contribution in [0.5, 0.6) is 11.6 Å². The number of amides is 2. The summed E-state index contributed by atoms with van der Waals surface area (Å²) < 4.78 is 40.7. The van der Waals surface area contributed by atoms with E-state index in [9.17, 15) is 18.4 Å². The van der Waals surface area contributed by atoms with Crippen LogP contribution in [0.3, 0.4) is 0 Å². The summed E-state index contributed by atoms with van der Waals surface area (Å²) in [6, 6.07) is 2.43. The largest absolute Gasteiger partial charge is 0.434 e. The van der Waals surface area contributed by atoms with Gasteiger partial charge in [0, 0.05) is 44.6 Å². The summed E-state index contributed by atoms with van der Waals surface area (Å²) in [7, 11) is -1.97. The number of rotatable bonds is 9. The normalized spacial score (nSPS) is 19.0. The van der Waals surface area contributed by atoms with Gasteiger partial charge in [0.2, 0.25) is 17.7 Å². The number of nitrogens with one attached hydrogen (secondary N) is 1. The van der Waals surface area contributed by atoms with Crippen molar-refractivity contribution >= 4 is 25.9 Å². The number of aromatic nitrogens is 5. The maximum Gasteiger partial charge on any atom is 0.242 e. The number of carbonyl (C=O) groups excluding carboxylic acids is 2. The zero-order chi connectivity index (χ0) is 35.0. The van der Waals surface area contributed by atoms with Gasteiger partial charge in [0.1, 0.15) is 11.5 Å². The van der Waals surface area contributed by atoms with Gasteiger partial charge in [0.15, 0.2) is 25.7 Å². The molecule has 1 N–H and O–H groups in total. The molecule has 260 valence electrons. The van der Waals surface area contributed by atoms with E-state index < -0.39 is 31.5 Å². The number of fused-ring (bicyclic) bond motifs is 1. The van der Waals surface area contributed by atoms with Gasteiger partial charge >= 0.3 is 0 Å². The van der Waals surface area contributed by atoms with E-state index in [0.29, 0.717) is 51.7 Å². The van der Waals surface area contributed by atoms with Crippen LogP contribution in [-0.2, 0) is 33.6 Å². The third kappa shape index (κ3) is 7.73. The van der Waals surface area contributed by atoms with E-state index in [2.05, 4.69) is 64.4 Å². The fourth-order valence-corrected chi connectivity index (χ4v) is 6.76. The monoisotopic (exact) mass is 684 g/mol. The van der Waals surface area contributed by atoms with Crippen LogP contribution in [0.15, 0.2) is 30.6 Å². The second-order valence-electron chi connectivity index (χ2n) is 14.8. The fourth-order valence-electron chi connectivity index (χ4n) is 5.83. The van der Waals surface area contributed by atoms with Gasteiger partial charge < -0.3 is 19.4 Å². The number of ether oxygens (including phenoxy) is 1. The first-order valence-corrected chi connectivity index (χ1v) is 19.2. The van der Waals surface area contributed by atoms with E-state index in [4.69, 9.17) is 9.16 Å². The van der Waals surface area contributed by atoms with Gasteiger partial charge in [-0.3, -0.25) is 14.5 Å². The molecule has 5 rings (SSSR count). The van der Waals surface area contributed by atoms with Crippen LogP contribution in [0.1, 0.15) is 59.4 Å². The predicted octanol–water partition coefficient (Wildman–Crippen LogP) is 5.17. The Labute approximate surface area is 281 Å². The summed E-state index contributed by atoms with van der Waals surface area (Å²) in [5.41, 5.74) is 1.28. The average molecular weight is 685 g/mol. The van der Waals surface area contributed by atoms with Crippen molar-refractivity contribution in [3.8, 4) is 11.6 Å². The first kappa shape index (κ1) is 35.5. The van der Waals surface area contributed by atoms with Gasteiger partial charge in [-0.25, -0.2) is 23.4 Å². The Bertz CT molecular complexity index is 1640. The summed E-state index contributed by atoms with van der Waals surface area (Å²) in [5.74, 6) is -1.94.